The van der Waals surface area contributed by atoms with Gasteiger partial charge in [-0.15, -0.1) is 0 Å². The molecule has 10 heteroatoms. The van der Waals surface area contributed by atoms with Crippen LogP contribution in [-0.2, 0) is 10.0 Å². The van der Waals surface area contributed by atoms with Crippen molar-refractivity contribution in [2.75, 3.05) is 31.5 Å². The number of imide groups is 1. The van der Waals surface area contributed by atoms with E-state index >= 15 is 0 Å². The molecule has 0 radical (unpaired) electrons. The molecule has 2 aromatic carbocycles. The Bertz CT molecular complexity index is 1260. The lowest BCUT2D eigenvalue weighted by atomic mass is 10.1. The molecule has 0 bridgehead atoms. The summed E-state index contributed by atoms with van der Waals surface area (Å²) in [7, 11) is -3.62. The fourth-order valence-electron chi connectivity index (χ4n) is 4.12. The third-order valence-corrected chi connectivity index (χ3v) is 7.91. The molecule has 0 saturated carbocycles. The molecule has 2 aliphatic heterocycles. The molecule has 0 aromatic heterocycles. The first-order valence-corrected chi connectivity index (χ1v) is 12.5. The van der Waals surface area contributed by atoms with Crippen molar-refractivity contribution in [1.82, 2.24) is 14.1 Å². The van der Waals surface area contributed by atoms with Gasteiger partial charge in [0.1, 0.15) is 0 Å². The van der Waals surface area contributed by atoms with Crippen LogP contribution in [0.2, 0.25) is 0 Å². The van der Waals surface area contributed by atoms with Crippen LogP contribution in [0.5, 0.6) is 0 Å². The second-order valence-corrected chi connectivity index (χ2v) is 11.4. The van der Waals surface area contributed by atoms with E-state index in [1.54, 1.807) is 57.2 Å². The summed E-state index contributed by atoms with van der Waals surface area (Å²) in [6.07, 6.45) is 0. The molecule has 180 valence electrons. The molecule has 4 amide bonds. The fourth-order valence-corrected chi connectivity index (χ4v) is 5.54. The first kappa shape index (κ1) is 23.9. The molecule has 9 nitrogen and oxygen atoms in total. The largest absolute Gasteiger partial charge is 0.322 e. The molecule has 0 unspecified atom stereocenters. The third kappa shape index (κ3) is 4.30. The number of nitrogens with zero attached hydrogens (tertiary/aromatic N) is 3. The van der Waals surface area contributed by atoms with Gasteiger partial charge in [-0.3, -0.25) is 14.5 Å². The van der Waals surface area contributed by atoms with Gasteiger partial charge in [0.05, 0.1) is 16.0 Å². The molecule has 2 heterocycles. The number of fused-ring (bicyclic) bond motifs is 1. The molecule has 2 aromatic rings. The van der Waals surface area contributed by atoms with Crippen LogP contribution in [0.1, 0.15) is 47.1 Å². The summed E-state index contributed by atoms with van der Waals surface area (Å²) in [6, 6.07) is 10.9. The highest BCUT2D eigenvalue weighted by molar-refractivity contribution is 7.89. The standard InChI is InChI=1S/C24H28N4O5S/c1-16-5-8-18(9-6-16)34(32,33)27-13-11-26(12-14-27)23(31)25-17-7-10-19-20(15-17)22(30)28(21(19)29)24(2,3)4/h5-10,15H,11-14H2,1-4H3,(H,25,31). The quantitative estimate of drug-likeness (QED) is 0.674. The van der Waals surface area contributed by atoms with Gasteiger partial charge in [-0.2, -0.15) is 4.31 Å². The SMILES string of the molecule is Cc1ccc(S(=O)(=O)N2CCN(C(=O)Nc3ccc4c(c3)C(=O)N(C(C)(C)C)C4=O)CC2)cc1. The normalized spacial score (nSPS) is 17.2. The maximum atomic E-state index is 12.9. The van der Waals surface area contributed by atoms with Crippen LogP contribution in [0, 0.1) is 6.92 Å². The molecular formula is C24H28N4O5S. The molecule has 1 fully saturated rings. The van der Waals surface area contributed by atoms with Crippen LogP contribution in [0.4, 0.5) is 10.5 Å². The third-order valence-electron chi connectivity index (χ3n) is 5.99. The van der Waals surface area contributed by atoms with E-state index in [2.05, 4.69) is 5.32 Å². The van der Waals surface area contributed by atoms with Crippen LogP contribution < -0.4 is 5.32 Å². The second-order valence-electron chi connectivity index (χ2n) is 9.51. The predicted molar refractivity (Wildman–Crippen MR) is 127 cm³/mol. The smallest absolute Gasteiger partial charge is 0.321 e. The van der Waals surface area contributed by atoms with Gasteiger partial charge >= 0.3 is 6.03 Å². The minimum atomic E-state index is -3.62. The lowest BCUT2D eigenvalue weighted by Gasteiger charge is -2.34. The van der Waals surface area contributed by atoms with Gasteiger partial charge in [0.25, 0.3) is 11.8 Å². The number of nitrogens with one attached hydrogen (secondary N) is 1. The monoisotopic (exact) mass is 484 g/mol. The molecule has 34 heavy (non-hydrogen) atoms. The van der Waals surface area contributed by atoms with E-state index in [0.717, 1.165) is 5.56 Å². The van der Waals surface area contributed by atoms with E-state index in [9.17, 15) is 22.8 Å². The van der Waals surface area contributed by atoms with E-state index in [4.69, 9.17) is 0 Å². The van der Waals surface area contributed by atoms with Crippen molar-refractivity contribution < 1.29 is 22.8 Å². The van der Waals surface area contributed by atoms with Gasteiger partial charge in [-0.25, -0.2) is 13.2 Å². The highest BCUT2D eigenvalue weighted by Gasteiger charge is 2.42. The van der Waals surface area contributed by atoms with Crippen LogP contribution >= 0.6 is 0 Å². The lowest BCUT2D eigenvalue weighted by molar-refractivity contribution is 0.0507. The van der Waals surface area contributed by atoms with Crippen molar-refractivity contribution in [1.29, 1.82) is 0 Å². The highest BCUT2D eigenvalue weighted by Crippen LogP contribution is 2.31. The lowest BCUT2D eigenvalue weighted by Crippen LogP contribution is -2.51. The van der Waals surface area contributed by atoms with Crippen molar-refractivity contribution >= 4 is 33.6 Å². The number of amides is 4. The van der Waals surface area contributed by atoms with Crippen molar-refractivity contribution in [3.8, 4) is 0 Å². The Morgan fingerprint density at radius 1 is 0.882 bits per heavy atom. The minimum absolute atomic E-state index is 0.182. The average molecular weight is 485 g/mol. The number of urea groups is 1. The zero-order valence-corrected chi connectivity index (χ0v) is 20.5. The molecule has 4 rings (SSSR count). The molecule has 1 saturated heterocycles. The predicted octanol–water partition coefficient (Wildman–Crippen LogP) is 2.93. The van der Waals surface area contributed by atoms with Crippen molar-refractivity contribution in [3.05, 3.63) is 59.2 Å². The van der Waals surface area contributed by atoms with E-state index in [-0.39, 0.29) is 42.5 Å². The summed E-state index contributed by atoms with van der Waals surface area (Å²) in [5.74, 6) is -0.741. The Labute approximate surface area is 199 Å². The van der Waals surface area contributed by atoms with Gasteiger partial charge in [0.15, 0.2) is 0 Å². The Balaban J connectivity index is 1.41. The van der Waals surface area contributed by atoms with Gasteiger partial charge < -0.3 is 10.2 Å². The highest BCUT2D eigenvalue weighted by atomic mass is 32.2. The summed E-state index contributed by atoms with van der Waals surface area (Å²) in [6.45, 7) is 8.09. The van der Waals surface area contributed by atoms with Crippen molar-refractivity contribution in [3.63, 3.8) is 0 Å². The molecule has 0 spiro atoms. The number of hydrogen-bond acceptors (Lipinski definition) is 5. The van der Waals surface area contributed by atoms with Gasteiger partial charge in [-0.1, -0.05) is 17.7 Å². The number of piperazine rings is 1. The topological polar surface area (TPSA) is 107 Å². The van der Waals surface area contributed by atoms with E-state index in [1.807, 2.05) is 6.92 Å². The maximum Gasteiger partial charge on any atom is 0.321 e. The minimum Gasteiger partial charge on any atom is -0.322 e. The number of anilines is 1. The second kappa shape index (κ2) is 8.52. The summed E-state index contributed by atoms with van der Waals surface area (Å²) in [5, 5.41) is 2.76. The van der Waals surface area contributed by atoms with E-state index in [0.29, 0.717) is 11.3 Å². The summed E-state index contributed by atoms with van der Waals surface area (Å²) in [5.41, 5.74) is 1.29. The Morgan fingerprint density at radius 2 is 1.47 bits per heavy atom. The first-order valence-electron chi connectivity index (χ1n) is 11.1. The molecular weight excluding hydrogens is 456 g/mol. The van der Waals surface area contributed by atoms with Crippen molar-refractivity contribution in [2.24, 2.45) is 0 Å². The Kier molecular flexibility index (Phi) is 5.99. The van der Waals surface area contributed by atoms with E-state index < -0.39 is 27.5 Å². The number of carbonyl (C=O) groups is 3. The van der Waals surface area contributed by atoms with Crippen LogP contribution in [0.3, 0.4) is 0 Å². The van der Waals surface area contributed by atoms with Crippen molar-refractivity contribution in [2.45, 2.75) is 38.1 Å². The zero-order valence-electron chi connectivity index (χ0n) is 19.7. The Hall–Kier alpha value is -3.24. The first-order chi connectivity index (χ1) is 15.9. The number of rotatable bonds is 3. The van der Waals surface area contributed by atoms with Gasteiger partial charge in [0.2, 0.25) is 10.0 Å². The van der Waals surface area contributed by atoms with E-state index in [1.165, 1.54) is 20.2 Å². The average Bonchev–Trinajstić information content (AvgIpc) is 3.03. The molecule has 1 N–H and O–H groups in total. The summed E-state index contributed by atoms with van der Waals surface area (Å²) >= 11 is 0. The van der Waals surface area contributed by atoms with Crippen LogP contribution in [0.15, 0.2) is 47.4 Å². The number of aryl methyl sites for hydroxylation is 1. The number of carbonyl (C=O) groups excluding carboxylic acids is 3. The summed E-state index contributed by atoms with van der Waals surface area (Å²) in [4.78, 5) is 41.2. The zero-order chi connectivity index (χ0) is 24.8. The number of sulfonamides is 1. The maximum absolute atomic E-state index is 12.9. The van der Waals surface area contributed by atoms with Gasteiger partial charge in [0, 0.05) is 37.4 Å². The Morgan fingerprint density at radius 3 is 2.06 bits per heavy atom. The molecule has 2 aliphatic rings. The molecule has 0 aliphatic carbocycles. The number of hydrogen-bond donors (Lipinski definition) is 1. The fraction of sp³-hybridized carbons (Fsp3) is 0.375. The van der Waals surface area contributed by atoms with Crippen LogP contribution in [0.25, 0.3) is 0 Å². The molecule has 0 atom stereocenters. The number of benzene rings is 2. The summed E-state index contributed by atoms with van der Waals surface area (Å²) < 4.78 is 27.1. The van der Waals surface area contributed by atoms with Crippen LogP contribution in [-0.4, -0.2) is 72.1 Å². The van der Waals surface area contributed by atoms with Gasteiger partial charge in [-0.05, 0) is 58.0 Å².